The lowest BCUT2D eigenvalue weighted by atomic mass is 9.92. The summed E-state index contributed by atoms with van der Waals surface area (Å²) < 4.78 is 11.0. The second-order valence-electron chi connectivity index (χ2n) is 5.78. The number of anilines is 1. The van der Waals surface area contributed by atoms with Gasteiger partial charge in [0, 0.05) is 12.7 Å². The predicted octanol–water partition coefficient (Wildman–Crippen LogP) is 3.47. The third-order valence-electron chi connectivity index (χ3n) is 4.26. The van der Waals surface area contributed by atoms with Crippen LogP contribution in [-0.2, 0) is 9.53 Å². The van der Waals surface area contributed by atoms with Crippen molar-refractivity contribution in [3.8, 4) is 5.88 Å². The van der Waals surface area contributed by atoms with Crippen LogP contribution in [0.1, 0.15) is 51.1 Å². The zero-order chi connectivity index (χ0) is 16.0. The highest BCUT2D eigenvalue weighted by Crippen LogP contribution is 2.32. The minimum Gasteiger partial charge on any atom is -0.481 e. The Kier molecular flexibility index (Phi) is 5.77. The summed E-state index contributed by atoms with van der Waals surface area (Å²) in [4.78, 5) is 17.1. The number of hydrogen-bond acceptors (Lipinski definition) is 4. The van der Waals surface area contributed by atoms with E-state index in [9.17, 15) is 4.79 Å². The number of amides is 1. The van der Waals surface area contributed by atoms with E-state index < -0.39 is 5.60 Å². The molecular formula is C17H26N2O3. The molecule has 5 heteroatoms. The molecule has 22 heavy (non-hydrogen) atoms. The number of aryl methyl sites for hydroxylation is 1. The van der Waals surface area contributed by atoms with Gasteiger partial charge in [-0.1, -0.05) is 25.7 Å². The van der Waals surface area contributed by atoms with Gasteiger partial charge in [0.2, 0.25) is 5.88 Å². The maximum absolute atomic E-state index is 12.8. The molecule has 0 aromatic carbocycles. The van der Waals surface area contributed by atoms with Crippen LogP contribution in [0.3, 0.4) is 0 Å². The van der Waals surface area contributed by atoms with Gasteiger partial charge in [0.05, 0.1) is 18.5 Å². The first-order valence-electron chi connectivity index (χ1n) is 8.08. The van der Waals surface area contributed by atoms with E-state index in [4.69, 9.17) is 9.47 Å². The molecule has 122 valence electrons. The second kappa shape index (κ2) is 7.58. The zero-order valence-electron chi connectivity index (χ0n) is 13.8. The SMILES string of the molecule is CCOC1(C(=O)Nc2ccc(OC)nc2C)CCCCCC1. The van der Waals surface area contributed by atoms with Crippen molar-refractivity contribution >= 4 is 11.6 Å². The number of carbonyl (C=O) groups excluding carboxylic acids is 1. The van der Waals surface area contributed by atoms with E-state index in [1.54, 1.807) is 13.2 Å². The van der Waals surface area contributed by atoms with Gasteiger partial charge in [-0.25, -0.2) is 4.98 Å². The summed E-state index contributed by atoms with van der Waals surface area (Å²) in [6.07, 6.45) is 5.99. The van der Waals surface area contributed by atoms with Crippen LogP contribution in [0.5, 0.6) is 5.88 Å². The van der Waals surface area contributed by atoms with Crippen molar-refractivity contribution in [2.24, 2.45) is 0 Å². The van der Waals surface area contributed by atoms with Gasteiger partial charge in [-0.15, -0.1) is 0 Å². The molecule has 2 rings (SSSR count). The van der Waals surface area contributed by atoms with Crippen molar-refractivity contribution in [3.63, 3.8) is 0 Å². The molecule has 1 amide bonds. The smallest absolute Gasteiger partial charge is 0.256 e. The van der Waals surface area contributed by atoms with E-state index in [2.05, 4.69) is 10.3 Å². The Hall–Kier alpha value is -1.62. The third-order valence-corrected chi connectivity index (χ3v) is 4.26. The molecular weight excluding hydrogens is 280 g/mol. The molecule has 1 aliphatic rings. The fourth-order valence-electron chi connectivity index (χ4n) is 3.03. The first-order chi connectivity index (χ1) is 10.6. The topological polar surface area (TPSA) is 60.5 Å². The van der Waals surface area contributed by atoms with Gasteiger partial charge in [0.1, 0.15) is 5.60 Å². The van der Waals surface area contributed by atoms with Crippen LogP contribution in [0.15, 0.2) is 12.1 Å². The Balaban J connectivity index is 2.17. The van der Waals surface area contributed by atoms with Crippen molar-refractivity contribution in [1.29, 1.82) is 0 Å². The van der Waals surface area contributed by atoms with Crippen LogP contribution in [0.25, 0.3) is 0 Å². The number of ether oxygens (including phenoxy) is 2. The highest BCUT2D eigenvalue weighted by molar-refractivity contribution is 5.97. The average Bonchev–Trinajstić information content (AvgIpc) is 2.76. The molecule has 0 unspecified atom stereocenters. The molecule has 1 aliphatic carbocycles. The molecule has 1 heterocycles. The summed E-state index contributed by atoms with van der Waals surface area (Å²) in [5, 5.41) is 3.00. The van der Waals surface area contributed by atoms with Gasteiger partial charge in [0.25, 0.3) is 5.91 Å². The molecule has 1 saturated carbocycles. The molecule has 0 aliphatic heterocycles. The van der Waals surface area contributed by atoms with Gasteiger partial charge >= 0.3 is 0 Å². The number of rotatable bonds is 5. The Bertz CT molecular complexity index is 509. The summed E-state index contributed by atoms with van der Waals surface area (Å²) >= 11 is 0. The molecule has 0 atom stereocenters. The highest BCUT2D eigenvalue weighted by Gasteiger charge is 2.39. The van der Waals surface area contributed by atoms with E-state index in [1.807, 2.05) is 19.9 Å². The van der Waals surface area contributed by atoms with Crippen LogP contribution < -0.4 is 10.1 Å². The monoisotopic (exact) mass is 306 g/mol. The van der Waals surface area contributed by atoms with Crippen LogP contribution >= 0.6 is 0 Å². The van der Waals surface area contributed by atoms with E-state index in [-0.39, 0.29) is 5.91 Å². The summed E-state index contributed by atoms with van der Waals surface area (Å²) in [7, 11) is 1.58. The molecule has 0 saturated heterocycles. The number of methoxy groups -OCH3 is 1. The fraction of sp³-hybridized carbons (Fsp3) is 0.647. The minimum atomic E-state index is -0.697. The lowest BCUT2D eigenvalue weighted by Crippen LogP contribution is -2.45. The lowest BCUT2D eigenvalue weighted by Gasteiger charge is -2.31. The fourth-order valence-corrected chi connectivity index (χ4v) is 3.03. The summed E-state index contributed by atoms with van der Waals surface area (Å²) in [6, 6.07) is 3.58. The van der Waals surface area contributed by atoms with E-state index in [0.717, 1.165) is 31.4 Å². The van der Waals surface area contributed by atoms with Crippen LogP contribution in [-0.4, -0.2) is 30.2 Å². The first-order valence-corrected chi connectivity index (χ1v) is 8.08. The van der Waals surface area contributed by atoms with Crippen molar-refractivity contribution < 1.29 is 14.3 Å². The summed E-state index contributed by atoms with van der Waals surface area (Å²) in [5.41, 5.74) is 0.763. The number of nitrogens with zero attached hydrogens (tertiary/aromatic N) is 1. The molecule has 1 fully saturated rings. The summed E-state index contributed by atoms with van der Waals surface area (Å²) in [5.74, 6) is 0.496. The standard InChI is InChI=1S/C17H26N2O3/c1-4-22-17(11-7-5-6-8-12-17)16(20)19-14-9-10-15(21-3)18-13(14)2/h9-10H,4-8,11-12H2,1-3H3,(H,19,20). The van der Waals surface area contributed by atoms with Crippen molar-refractivity contribution in [3.05, 3.63) is 17.8 Å². The zero-order valence-corrected chi connectivity index (χ0v) is 13.8. The number of aromatic nitrogens is 1. The van der Waals surface area contributed by atoms with Crippen LogP contribution in [0, 0.1) is 6.92 Å². The van der Waals surface area contributed by atoms with Crippen LogP contribution in [0.4, 0.5) is 5.69 Å². The Morgan fingerprint density at radius 2 is 1.95 bits per heavy atom. The summed E-state index contributed by atoms with van der Waals surface area (Å²) in [6.45, 7) is 4.35. The van der Waals surface area contributed by atoms with Crippen molar-refractivity contribution in [1.82, 2.24) is 4.98 Å². The van der Waals surface area contributed by atoms with Gasteiger partial charge < -0.3 is 14.8 Å². The molecule has 5 nitrogen and oxygen atoms in total. The average molecular weight is 306 g/mol. The van der Waals surface area contributed by atoms with E-state index >= 15 is 0 Å². The molecule has 0 spiro atoms. The van der Waals surface area contributed by atoms with E-state index in [1.165, 1.54) is 12.8 Å². The van der Waals surface area contributed by atoms with Gasteiger partial charge in [-0.2, -0.15) is 0 Å². The van der Waals surface area contributed by atoms with Crippen LogP contribution in [0.2, 0.25) is 0 Å². The maximum Gasteiger partial charge on any atom is 0.256 e. The highest BCUT2D eigenvalue weighted by atomic mass is 16.5. The quantitative estimate of drug-likeness (QED) is 0.846. The molecule has 1 aromatic rings. The minimum absolute atomic E-state index is 0.0497. The van der Waals surface area contributed by atoms with Gasteiger partial charge in [-0.05, 0) is 32.8 Å². The number of pyridine rings is 1. The maximum atomic E-state index is 12.8. The predicted molar refractivity (Wildman–Crippen MR) is 86.2 cm³/mol. The molecule has 0 radical (unpaired) electrons. The first kappa shape index (κ1) is 16.7. The van der Waals surface area contributed by atoms with Crippen molar-refractivity contribution in [2.45, 2.75) is 58.0 Å². The number of hydrogen-bond donors (Lipinski definition) is 1. The number of carbonyl (C=O) groups is 1. The van der Waals surface area contributed by atoms with E-state index in [0.29, 0.717) is 18.2 Å². The largest absolute Gasteiger partial charge is 0.481 e. The number of nitrogens with one attached hydrogen (secondary N) is 1. The third kappa shape index (κ3) is 3.77. The lowest BCUT2D eigenvalue weighted by molar-refractivity contribution is -0.143. The molecule has 1 aromatic heterocycles. The molecule has 0 bridgehead atoms. The van der Waals surface area contributed by atoms with Crippen molar-refractivity contribution in [2.75, 3.05) is 19.0 Å². The molecule has 1 N–H and O–H groups in total. The Morgan fingerprint density at radius 1 is 1.27 bits per heavy atom. The second-order valence-corrected chi connectivity index (χ2v) is 5.78. The van der Waals surface area contributed by atoms with Gasteiger partial charge in [0.15, 0.2) is 0 Å². The van der Waals surface area contributed by atoms with Gasteiger partial charge in [-0.3, -0.25) is 4.79 Å². The Labute approximate surface area is 132 Å². The normalized spacial score (nSPS) is 17.6. The Morgan fingerprint density at radius 3 is 2.50 bits per heavy atom.